The van der Waals surface area contributed by atoms with Crippen LogP contribution in [0, 0.1) is 5.41 Å². The number of carbonyl (C=O) groups is 1. The topological polar surface area (TPSA) is 26.3 Å². The van der Waals surface area contributed by atoms with Gasteiger partial charge in [-0.25, -0.2) is 0 Å². The summed E-state index contributed by atoms with van der Waals surface area (Å²) in [6.07, 6.45) is -7.28. The zero-order chi connectivity index (χ0) is 20.7. The molecule has 0 aromatic carbocycles. The van der Waals surface area contributed by atoms with Gasteiger partial charge in [0.05, 0.1) is 5.41 Å². The molecule has 0 aromatic heterocycles. The van der Waals surface area contributed by atoms with Gasteiger partial charge < -0.3 is 4.74 Å². The van der Waals surface area contributed by atoms with Crippen molar-refractivity contribution in [3.05, 3.63) is 0 Å². The molecule has 0 aliphatic heterocycles. The Hall–Kier alpha value is -1.30. The first-order valence-corrected chi connectivity index (χ1v) is 6.44. The van der Waals surface area contributed by atoms with E-state index in [0.29, 0.717) is 0 Å². The van der Waals surface area contributed by atoms with Crippen LogP contribution in [0.5, 0.6) is 0 Å². The Balaban J connectivity index is 5.64. The number of hydrogen-bond acceptors (Lipinski definition) is 2. The molecule has 0 saturated carbocycles. The lowest BCUT2D eigenvalue weighted by Gasteiger charge is -2.37. The van der Waals surface area contributed by atoms with Crippen molar-refractivity contribution in [2.75, 3.05) is 6.61 Å². The molecular weight excluding hydrogens is 385 g/mol. The number of ether oxygens (including phenoxy) is 1. The van der Waals surface area contributed by atoms with Crippen molar-refractivity contribution >= 4 is 5.97 Å². The predicted molar refractivity (Wildman–Crippen MR) is 60.9 cm³/mol. The highest BCUT2D eigenvalue weighted by molar-refractivity contribution is 5.75. The van der Waals surface area contributed by atoms with Gasteiger partial charge in [-0.1, -0.05) is 6.92 Å². The predicted octanol–water partition coefficient (Wildman–Crippen LogP) is 5.07. The Morgan fingerprint density at radius 2 is 1.16 bits per heavy atom. The van der Waals surface area contributed by atoms with E-state index in [-0.39, 0.29) is 6.42 Å². The van der Waals surface area contributed by atoms with E-state index in [1.807, 2.05) is 0 Å². The average molecular weight is 398 g/mol. The zero-order valence-electron chi connectivity index (χ0n) is 12.9. The summed E-state index contributed by atoms with van der Waals surface area (Å²) >= 11 is 0. The minimum absolute atomic E-state index is 0.0594. The lowest BCUT2D eigenvalue weighted by molar-refractivity contribution is -0.424. The maximum Gasteiger partial charge on any atom is 0.460 e. The molecule has 150 valence electrons. The Morgan fingerprint density at radius 1 is 0.760 bits per heavy atom. The van der Waals surface area contributed by atoms with Crippen LogP contribution in [-0.4, -0.2) is 42.4 Å². The van der Waals surface area contributed by atoms with Gasteiger partial charge in [0.2, 0.25) is 0 Å². The monoisotopic (exact) mass is 398 g/mol. The highest BCUT2D eigenvalue weighted by atomic mass is 19.4. The quantitative estimate of drug-likeness (QED) is 0.442. The molecule has 0 N–H and O–H groups in total. The van der Waals surface area contributed by atoms with Crippen LogP contribution in [0.4, 0.5) is 48.3 Å². The fourth-order valence-corrected chi connectivity index (χ4v) is 1.19. The molecule has 0 rings (SSSR count). The van der Waals surface area contributed by atoms with E-state index < -0.39 is 47.9 Å². The first-order chi connectivity index (χ1) is 10.7. The molecule has 2 nitrogen and oxygen atoms in total. The maximum absolute atomic E-state index is 13.3. The van der Waals surface area contributed by atoms with Gasteiger partial charge in [0.15, 0.2) is 6.61 Å². The van der Waals surface area contributed by atoms with Crippen LogP contribution in [0.1, 0.15) is 27.2 Å². The average Bonchev–Trinajstić information content (AvgIpc) is 2.42. The van der Waals surface area contributed by atoms with E-state index in [1.165, 1.54) is 6.92 Å². The first kappa shape index (κ1) is 23.7. The molecule has 0 aromatic rings. The molecule has 0 aliphatic carbocycles. The molecule has 0 aliphatic rings. The maximum atomic E-state index is 13.3. The number of rotatable bonds is 7. The number of hydrogen-bond donors (Lipinski definition) is 0. The summed E-state index contributed by atoms with van der Waals surface area (Å²) in [5, 5.41) is 0. The van der Waals surface area contributed by atoms with Crippen LogP contribution < -0.4 is 0 Å². The molecular formula is C12H13F11O2. The third kappa shape index (κ3) is 3.94. The van der Waals surface area contributed by atoms with Crippen LogP contribution in [0.2, 0.25) is 0 Å². The fourth-order valence-electron chi connectivity index (χ4n) is 1.19. The second kappa shape index (κ2) is 6.45. The van der Waals surface area contributed by atoms with Gasteiger partial charge in [0, 0.05) is 0 Å². The summed E-state index contributed by atoms with van der Waals surface area (Å²) in [5.41, 5.74) is -1.51. The number of carbonyl (C=O) groups excluding carboxylic acids is 1. The third-order valence-electron chi connectivity index (χ3n) is 3.43. The summed E-state index contributed by atoms with van der Waals surface area (Å²) in [4.78, 5) is 11.4. The summed E-state index contributed by atoms with van der Waals surface area (Å²) in [7, 11) is 0. The molecule has 0 amide bonds. The smallest absolute Gasteiger partial charge is 0.459 e. The van der Waals surface area contributed by atoms with Gasteiger partial charge in [-0.3, -0.25) is 4.79 Å². The van der Waals surface area contributed by atoms with Crippen LogP contribution in [0.15, 0.2) is 0 Å². The van der Waals surface area contributed by atoms with E-state index >= 15 is 0 Å². The Morgan fingerprint density at radius 3 is 1.48 bits per heavy atom. The summed E-state index contributed by atoms with van der Waals surface area (Å²) in [6.45, 7) is 0.758. The standard InChI is InChI=1S/C12H13F11O2/c1-4-7(2,3)6(24)25-5-8(13,14)9(15,16)10(17,18)11(19,20)12(21,22)23/h4-5H2,1-3H3. The van der Waals surface area contributed by atoms with Gasteiger partial charge in [0.25, 0.3) is 0 Å². The molecule has 0 heterocycles. The van der Waals surface area contributed by atoms with Crippen LogP contribution >= 0.6 is 0 Å². The number of halogens is 11. The summed E-state index contributed by atoms with van der Waals surface area (Å²) in [5.74, 6) is -29.9. The molecule has 25 heavy (non-hydrogen) atoms. The second-order valence-electron chi connectivity index (χ2n) is 5.74. The van der Waals surface area contributed by atoms with E-state index in [4.69, 9.17) is 0 Å². The largest absolute Gasteiger partial charge is 0.460 e. The molecule has 0 radical (unpaired) electrons. The fraction of sp³-hybridized carbons (Fsp3) is 0.917. The molecule has 0 bridgehead atoms. The van der Waals surface area contributed by atoms with Gasteiger partial charge in [-0.15, -0.1) is 0 Å². The lowest BCUT2D eigenvalue weighted by Crippen LogP contribution is -2.67. The van der Waals surface area contributed by atoms with Gasteiger partial charge in [-0.2, -0.15) is 48.3 Å². The van der Waals surface area contributed by atoms with Gasteiger partial charge in [0.1, 0.15) is 0 Å². The molecule has 0 saturated heterocycles. The highest BCUT2D eigenvalue weighted by Crippen LogP contribution is 2.57. The molecule has 0 atom stereocenters. The number of esters is 1. The summed E-state index contributed by atoms with van der Waals surface area (Å²) < 4.78 is 143. The Kier molecular flexibility index (Phi) is 6.12. The third-order valence-corrected chi connectivity index (χ3v) is 3.43. The van der Waals surface area contributed by atoms with Crippen molar-refractivity contribution in [2.45, 2.75) is 57.1 Å². The van der Waals surface area contributed by atoms with E-state index in [0.717, 1.165) is 13.8 Å². The van der Waals surface area contributed by atoms with Crippen molar-refractivity contribution in [1.29, 1.82) is 0 Å². The molecule has 13 heteroatoms. The van der Waals surface area contributed by atoms with Crippen molar-refractivity contribution in [3.8, 4) is 0 Å². The van der Waals surface area contributed by atoms with E-state index in [2.05, 4.69) is 4.74 Å². The lowest BCUT2D eigenvalue weighted by atomic mass is 9.90. The Labute approximate surface area is 134 Å². The Bertz CT molecular complexity index is 494. The minimum Gasteiger partial charge on any atom is -0.459 e. The minimum atomic E-state index is -7.51. The van der Waals surface area contributed by atoms with Crippen molar-refractivity contribution in [2.24, 2.45) is 5.41 Å². The number of alkyl halides is 11. The molecule has 0 fully saturated rings. The second-order valence-corrected chi connectivity index (χ2v) is 5.74. The summed E-state index contributed by atoms with van der Waals surface area (Å²) in [6, 6.07) is 0. The van der Waals surface area contributed by atoms with Crippen LogP contribution in [0.3, 0.4) is 0 Å². The SMILES string of the molecule is CCC(C)(C)C(=O)OCC(F)(F)C(F)(F)C(F)(F)C(F)(F)C(F)(F)F. The van der Waals surface area contributed by atoms with Gasteiger partial charge >= 0.3 is 35.8 Å². The van der Waals surface area contributed by atoms with Crippen molar-refractivity contribution < 1.29 is 57.8 Å². The zero-order valence-corrected chi connectivity index (χ0v) is 12.9. The molecule has 0 spiro atoms. The van der Waals surface area contributed by atoms with E-state index in [1.54, 1.807) is 0 Å². The van der Waals surface area contributed by atoms with E-state index in [9.17, 15) is 53.1 Å². The molecule has 0 unspecified atom stereocenters. The van der Waals surface area contributed by atoms with Crippen molar-refractivity contribution in [1.82, 2.24) is 0 Å². The van der Waals surface area contributed by atoms with Crippen LogP contribution in [-0.2, 0) is 9.53 Å². The highest BCUT2D eigenvalue weighted by Gasteiger charge is 2.87. The van der Waals surface area contributed by atoms with Gasteiger partial charge in [-0.05, 0) is 20.3 Å². The normalized spacial score (nSPS) is 15.3. The van der Waals surface area contributed by atoms with Crippen LogP contribution in [0.25, 0.3) is 0 Å². The van der Waals surface area contributed by atoms with Crippen molar-refractivity contribution in [3.63, 3.8) is 0 Å². The first-order valence-electron chi connectivity index (χ1n) is 6.44.